The third-order valence-corrected chi connectivity index (χ3v) is 15.4. The molecule has 2 N–H and O–H groups in total. The number of nitrogens with zero attached hydrogens (tertiary/aromatic N) is 6. The number of anilines is 1. The van der Waals surface area contributed by atoms with E-state index in [1.807, 2.05) is 60.7 Å². The molecule has 6 aromatic rings. The summed E-state index contributed by atoms with van der Waals surface area (Å²) >= 11 is 12.2. The van der Waals surface area contributed by atoms with Crippen LogP contribution in [0, 0.1) is 0 Å². The average Bonchev–Trinajstić information content (AvgIpc) is 3.93. The van der Waals surface area contributed by atoms with Crippen molar-refractivity contribution in [2.45, 2.75) is 69.0 Å². The lowest BCUT2D eigenvalue weighted by atomic mass is 9.80. The first kappa shape index (κ1) is 38.6. The Morgan fingerprint density at radius 3 is 2.13 bits per heavy atom. The van der Waals surface area contributed by atoms with Gasteiger partial charge in [0.25, 0.3) is 5.17 Å². The van der Waals surface area contributed by atoms with Gasteiger partial charge in [-0.25, -0.2) is 9.97 Å². The van der Waals surface area contributed by atoms with E-state index in [0.29, 0.717) is 11.2 Å². The monoisotopic (exact) mass is 797 g/mol. The van der Waals surface area contributed by atoms with Crippen LogP contribution in [-0.4, -0.2) is 74.6 Å². The summed E-state index contributed by atoms with van der Waals surface area (Å²) in [6.45, 7) is 11.0. The molecule has 0 amide bonds. The van der Waals surface area contributed by atoms with Gasteiger partial charge in [-0.15, -0.1) is 0 Å². The van der Waals surface area contributed by atoms with Crippen LogP contribution in [0.25, 0.3) is 11.2 Å². The number of fused-ring (bicyclic) bond motifs is 1. The molecule has 1 aliphatic rings. The molecule has 4 heterocycles. The van der Waals surface area contributed by atoms with Crippen LogP contribution in [0.2, 0.25) is 23.4 Å². The van der Waals surface area contributed by atoms with E-state index in [9.17, 15) is 0 Å². The van der Waals surface area contributed by atoms with Crippen LogP contribution in [0.1, 0.15) is 43.7 Å². The Bertz CT molecular complexity index is 2200. The van der Waals surface area contributed by atoms with Gasteiger partial charge in [-0.2, -0.15) is 9.97 Å². The lowest BCUT2D eigenvalue weighted by Crippen LogP contribution is -2.50. The van der Waals surface area contributed by atoms with Gasteiger partial charge in [0.05, 0.1) is 20.0 Å². The molecule has 0 saturated carbocycles. The summed E-state index contributed by atoms with van der Waals surface area (Å²) in [5.74, 6) is 0.877. The van der Waals surface area contributed by atoms with E-state index in [1.54, 1.807) is 41.3 Å². The molecule has 3 aromatic carbocycles. The fourth-order valence-corrected chi connectivity index (χ4v) is 8.30. The summed E-state index contributed by atoms with van der Waals surface area (Å²) in [7, 11) is -0.873. The number of rotatable bonds is 11. The molecule has 0 bridgehead atoms. The highest BCUT2D eigenvalue weighted by Gasteiger charge is 2.54. The zero-order valence-electron chi connectivity index (χ0n) is 31.5. The van der Waals surface area contributed by atoms with Crippen LogP contribution in [0.3, 0.4) is 0 Å². The SMILES string of the molecule is COc1ccc(C(OC[C@H]2O[C@@H](n3cnc4c(N)nc(Cl)nc43)[C@H](O[Si](C)(C)C(C)(C)C)[C@@H]2OC(=S)n2ccnc2)(c2ccccc2)c2ccccc2)cc1. The lowest BCUT2D eigenvalue weighted by Gasteiger charge is -2.40. The standard InChI is InChI=1S/C40H44ClN7O5SSi/c1-39(2,3)55(5,6)53-33-32(52-38(54)47-22-21-43-24-47)30(51-36(33)48-25-44-31-34(42)45-37(41)46-35(31)48)23-50-40(26-13-9-7-10-14-26,27-15-11-8-12-16-27)28-17-19-29(49-4)20-18-28/h7-22,24-25,30,32-33,36H,23H2,1-6H3,(H2,42,45,46)/t30-,32-,33-,36-/m1/s1. The molecule has 0 spiro atoms. The molecule has 0 unspecified atom stereocenters. The number of ether oxygens (including phenoxy) is 4. The molecule has 1 fully saturated rings. The fourth-order valence-electron chi connectivity index (χ4n) is 6.62. The van der Waals surface area contributed by atoms with Gasteiger partial charge in [0.2, 0.25) is 5.28 Å². The lowest BCUT2D eigenvalue weighted by molar-refractivity contribution is -0.0928. The van der Waals surface area contributed by atoms with Crippen molar-refractivity contribution in [2.75, 3.05) is 19.5 Å². The van der Waals surface area contributed by atoms with E-state index in [4.69, 9.17) is 52.9 Å². The van der Waals surface area contributed by atoms with Crippen molar-refractivity contribution in [2.24, 2.45) is 0 Å². The third kappa shape index (κ3) is 7.50. The topological polar surface area (TPSA) is 134 Å². The number of halogens is 1. The van der Waals surface area contributed by atoms with Crippen molar-refractivity contribution in [3.8, 4) is 5.75 Å². The van der Waals surface area contributed by atoms with Crippen molar-refractivity contribution in [3.63, 3.8) is 0 Å². The van der Waals surface area contributed by atoms with E-state index in [0.717, 1.165) is 22.4 Å². The van der Waals surface area contributed by atoms with Crippen molar-refractivity contribution in [3.05, 3.63) is 132 Å². The molecule has 1 saturated heterocycles. The summed E-state index contributed by atoms with van der Waals surface area (Å²) in [5.41, 5.74) is 8.69. The summed E-state index contributed by atoms with van der Waals surface area (Å²) in [6, 6.07) is 28.1. The Morgan fingerprint density at radius 2 is 1.55 bits per heavy atom. The first-order valence-electron chi connectivity index (χ1n) is 17.9. The Hall–Kier alpha value is -4.70. The van der Waals surface area contributed by atoms with E-state index in [1.165, 1.54) is 0 Å². The molecule has 3 aromatic heterocycles. The third-order valence-electron chi connectivity index (χ3n) is 10.5. The molecule has 286 valence electrons. The molecule has 1 aliphatic heterocycles. The molecule has 15 heteroatoms. The Balaban J connectivity index is 1.37. The van der Waals surface area contributed by atoms with Crippen molar-refractivity contribution < 1.29 is 23.4 Å². The maximum absolute atomic E-state index is 7.34. The number of benzene rings is 3. The van der Waals surface area contributed by atoms with Crippen molar-refractivity contribution in [1.82, 2.24) is 29.1 Å². The predicted molar refractivity (Wildman–Crippen MR) is 218 cm³/mol. The second-order valence-corrected chi connectivity index (χ2v) is 20.3. The number of thiocarbonyl (C=S) groups is 1. The predicted octanol–water partition coefficient (Wildman–Crippen LogP) is 7.78. The first-order valence-corrected chi connectivity index (χ1v) is 21.6. The molecule has 0 aliphatic carbocycles. The molecule has 0 radical (unpaired) electrons. The van der Waals surface area contributed by atoms with Gasteiger partial charge in [0.1, 0.15) is 35.4 Å². The minimum atomic E-state index is -2.52. The van der Waals surface area contributed by atoms with E-state index in [-0.39, 0.29) is 27.9 Å². The van der Waals surface area contributed by atoms with Crippen LogP contribution in [-0.2, 0) is 24.2 Å². The van der Waals surface area contributed by atoms with Gasteiger partial charge in [0.15, 0.2) is 32.1 Å². The smallest absolute Gasteiger partial charge is 0.269 e. The Morgan fingerprint density at radius 1 is 0.909 bits per heavy atom. The van der Waals surface area contributed by atoms with Crippen LogP contribution < -0.4 is 10.5 Å². The highest BCUT2D eigenvalue weighted by atomic mass is 35.5. The van der Waals surface area contributed by atoms with Gasteiger partial charge >= 0.3 is 0 Å². The van der Waals surface area contributed by atoms with Gasteiger partial charge in [-0.3, -0.25) is 9.13 Å². The molecular formula is C40H44ClN7O5SSi. The number of imidazole rings is 2. The highest BCUT2D eigenvalue weighted by Crippen LogP contribution is 2.46. The molecule has 4 atom stereocenters. The number of hydrogen-bond acceptors (Lipinski definition) is 11. The molecular weight excluding hydrogens is 754 g/mol. The van der Waals surface area contributed by atoms with E-state index in [2.05, 4.69) is 78.1 Å². The number of aromatic nitrogens is 6. The van der Waals surface area contributed by atoms with Crippen molar-refractivity contribution >= 4 is 54.3 Å². The van der Waals surface area contributed by atoms with E-state index < -0.39 is 38.5 Å². The van der Waals surface area contributed by atoms with Crippen LogP contribution in [0.5, 0.6) is 5.75 Å². The summed E-state index contributed by atoms with van der Waals surface area (Å²) < 4.78 is 37.4. The summed E-state index contributed by atoms with van der Waals surface area (Å²) in [4.78, 5) is 17.4. The van der Waals surface area contributed by atoms with Crippen LogP contribution in [0.4, 0.5) is 5.82 Å². The number of hydrogen-bond donors (Lipinski definition) is 1. The zero-order valence-corrected chi connectivity index (χ0v) is 34.1. The van der Waals surface area contributed by atoms with Gasteiger partial charge in [-0.1, -0.05) is 93.6 Å². The largest absolute Gasteiger partial charge is 0.497 e. The maximum Gasteiger partial charge on any atom is 0.269 e. The van der Waals surface area contributed by atoms with Crippen LogP contribution >= 0.6 is 23.8 Å². The summed E-state index contributed by atoms with van der Waals surface area (Å²) in [6.07, 6.45) is 3.54. The molecule has 55 heavy (non-hydrogen) atoms. The normalized spacial score (nSPS) is 19.1. The first-order chi connectivity index (χ1) is 26.3. The second kappa shape index (κ2) is 15.4. The summed E-state index contributed by atoms with van der Waals surface area (Å²) in [5, 5.41) is -0.00714. The quantitative estimate of drug-likeness (QED) is 0.0596. The van der Waals surface area contributed by atoms with Gasteiger partial charge in [-0.05, 0) is 70.8 Å². The van der Waals surface area contributed by atoms with E-state index >= 15 is 0 Å². The zero-order chi connectivity index (χ0) is 39.0. The number of nitrogen functional groups attached to an aromatic ring is 1. The minimum absolute atomic E-state index is 0.0180. The van der Waals surface area contributed by atoms with Crippen molar-refractivity contribution in [1.29, 1.82) is 0 Å². The molecule has 12 nitrogen and oxygen atoms in total. The maximum atomic E-state index is 7.34. The Labute approximate surface area is 331 Å². The average molecular weight is 798 g/mol. The number of nitrogens with two attached hydrogens (primary N) is 1. The van der Waals surface area contributed by atoms with Crippen LogP contribution in [0.15, 0.2) is 110 Å². The van der Waals surface area contributed by atoms with Gasteiger partial charge < -0.3 is 29.1 Å². The molecule has 7 rings (SSSR count). The fraction of sp³-hybridized carbons (Fsp3) is 0.325. The second-order valence-electron chi connectivity index (χ2n) is 14.9. The number of methoxy groups -OCH3 is 1. The highest BCUT2D eigenvalue weighted by molar-refractivity contribution is 7.80. The Kier molecular flexibility index (Phi) is 10.8. The minimum Gasteiger partial charge on any atom is -0.497 e. The van der Waals surface area contributed by atoms with Gasteiger partial charge in [0, 0.05) is 12.4 Å².